The summed E-state index contributed by atoms with van der Waals surface area (Å²) in [6.07, 6.45) is -0.281. The second kappa shape index (κ2) is 7.17. The molecule has 0 spiro atoms. The third-order valence-corrected chi connectivity index (χ3v) is 3.89. The molecular weight excluding hydrogens is 330 g/mol. The Morgan fingerprint density at radius 3 is 2.00 bits per heavy atom. The number of carbonyl (C=O) groups is 2. The monoisotopic (exact) mass is 350 g/mol. The van der Waals surface area contributed by atoms with Gasteiger partial charge < -0.3 is 9.52 Å². The smallest absolute Gasteiger partial charge is 0.341 e. The normalized spacial score (nSPS) is 11.4. The molecule has 0 aliphatic carbocycles. The summed E-state index contributed by atoms with van der Waals surface area (Å²) in [6.45, 7) is 7.88. The molecule has 25 heavy (non-hydrogen) atoms. The van der Waals surface area contributed by atoms with Gasteiger partial charge in [0.1, 0.15) is 23.0 Å². The van der Waals surface area contributed by atoms with E-state index in [0.717, 1.165) is 23.5 Å². The van der Waals surface area contributed by atoms with Crippen LogP contribution in [-0.4, -0.2) is 16.9 Å². The van der Waals surface area contributed by atoms with E-state index in [-0.39, 0.29) is 29.6 Å². The predicted molar refractivity (Wildman–Crippen MR) is 88.2 cm³/mol. The van der Waals surface area contributed by atoms with E-state index in [1.807, 2.05) is 27.7 Å². The van der Waals surface area contributed by atoms with Crippen LogP contribution in [0, 0.1) is 11.6 Å². The average molecular weight is 350 g/mol. The van der Waals surface area contributed by atoms with Gasteiger partial charge in [0.05, 0.1) is 0 Å². The molecule has 0 radical (unpaired) electrons. The SMILES string of the molecule is CC(C)c1cc(C(=O)Cc2cc(F)c(C(=O)O)c(F)c2)oc1C(C)C. The van der Waals surface area contributed by atoms with Gasteiger partial charge in [-0.2, -0.15) is 0 Å². The number of benzene rings is 1. The molecule has 0 saturated heterocycles. The molecule has 0 fully saturated rings. The molecule has 6 heteroatoms. The quantitative estimate of drug-likeness (QED) is 0.750. The Morgan fingerprint density at radius 1 is 1.04 bits per heavy atom. The van der Waals surface area contributed by atoms with E-state index in [0.29, 0.717) is 0 Å². The second-order valence-corrected chi connectivity index (χ2v) is 6.58. The molecule has 1 N–H and O–H groups in total. The van der Waals surface area contributed by atoms with E-state index in [2.05, 4.69) is 0 Å². The lowest BCUT2D eigenvalue weighted by Crippen LogP contribution is -2.08. The minimum atomic E-state index is -1.69. The summed E-state index contributed by atoms with van der Waals surface area (Å²) >= 11 is 0. The first-order valence-electron chi connectivity index (χ1n) is 7.99. The maximum absolute atomic E-state index is 13.7. The van der Waals surface area contributed by atoms with E-state index in [9.17, 15) is 18.4 Å². The van der Waals surface area contributed by atoms with Gasteiger partial charge in [-0.05, 0) is 35.2 Å². The number of Topliss-reactive ketones (excluding diaryl/α,β-unsaturated/α-hetero) is 1. The van der Waals surface area contributed by atoms with E-state index in [1.54, 1.807) is 6.07 Å². The predicted octanol–water partition coefficient (Wildman–Crippen LogP) is 4.93. The van der Waals surface area contributed by atoms with Crippen LogP contribution < -0.4 is 0 Å². The number of hydrogen-bond donors (Lipinski definition) is 1. The summed E-state index contributed by atoms with van der Waals surface area (Å²) < 4.78 is 33.1. The molecule has 0 aliphatic rings. The standard InChI is InChI=1S/C19H20F2O4/c1-9(2)12-8-16(25-18(12)10(3)4)15(22)7-11-5-13(20)17(19(23)24)14(21)6-11/h5-6,8-10H,7H2,1-4H3,(H,23,24). The lowest BCUT2D eigenvalue weighted by molar-refractivity contribution is 0.0686. The van der Waals surface area contributed by atoms with Crippen molar-refractivity contribution in [3.63, 3.8) is 0 Å². The number of carbonyl (C=O) groups excluding carboxylic acids is 1. The molecule has 2 rings (SSSR count). The molecule has 0 aliphatic heterocycles. The van der Waals surface area contributed by atoms with E-state index >= 15 is 0 Å². The molecular formula is C19H20F2O4. The molecule has 0 unspecified atom stereocenters. The summed E-state index contributed by atoms with van der Waals surface area (Å²) in [5.74, 6) is -3.40. The zero-order chi connectivity index (χ0) is 18.9. The second-order valence-electron chi connectivity index (χ2n) is 6.58. The Balaban J connectivity index is 2.32. The molecule has 1 aromatic heterocycles. The fraction of sp³-hybridized carbons (Fsp3) is 0.368. The van der Waals surface area contributed by atoms with E-state index in [1.165, 1.54) is 0 Å². The highest BCUT2D eigenvalue weighted by Gasteiger charge is 2.22. The van der Waals surface area contributed by atoms with Crippen molar-refractivity contribution in [2.75, 3.05) is 0 Å². The highest BCUT2D eigenvalue weighted by Crippen LogP contribution is 2.30. The number of halogens is 2. The van der Waals surface area contributed by atoms with Crippen molar-refractivity contribution in [3.8, 4) is 0 Å². The van der Waals surface area contributed by atoms with Crippen LogP contribution in [0.25, 0.3) is 0 Å². The minimum Gasteiger partial charge on any atom is -0.477 e. The molecule has 1 aromatic carbocycles. The molecule has 134 valence electrons. The molecule has 0 saturated carbocycles. The molecule has 4 nitrogen and oxygen atoms in total. The molecule has 1 heterocycles. The Hall–Kier alpha value is -2.50. The number of ketones is 1. The van der Waals surface area contributed by atoms with Crippen molar-refractivity contribution < 1.29 is 27.9 Å². The van der Waals surface area contributed by atoms with Gasteiger partial charge in [-0.15, -0.1) is 0 Å². The summed E-state index contributed by atoms with van der Waals surface area (Å²) in [5.41, 5.74) is -0.0473. The fourth-order valence-electron chi connectivity index (χ4n) is 2.66. The van der Waals surface area contributed by atoms with Gasteiger partial charge in [-0.3, -0.25) is 4.79 Å². The number of hydrogen-bond acceptors (Lipinski definition) is 3. The van der Waals surface area contributed by atoms with Crippen molar-refractivity contribution in [3.05, 3.63) is 58.0 Å². The van der Waals surface area contributed by atoms with Gasteiger partial charge in [0, 0.05) is 12.3 Å². The van der Waals surface area contributed by atoms with Crippen LogP contribution in [-0.2, 0) is 6.42 Å². The van der Waals surface area contributed by atoms with Gasteiger partial charge in [-0.25, -0.2) is 13.6 Å². The van der Waals surface area contributed by atoms with Crippen LogP contribution >= 0.6 is 0 Å². The summed E-state index contributed by atoms with van der Waals surface area (Å²) in [4.78, 5) is 23.2. The van der Waals surface area contributed by atoms with E-state index in [4.69, 9.17) is 9.52 Å². The fourth-order valence-corrected chi connectivity index (χ4v) is 2.66. The van der Waals surface area contributed by atoms with E-state index < -0.39 is 29.0 Å². The molecule has 0 atom stereocenters. The number of rotatable bonds is 6. The molecule has 2 aromatic rings. The van der Waals surface area contributed by atoms with Crippen molar-refractivity contribution >= 4 is 11.8 Å². The van der Waals surface area contributed by atoms with Crippen LogP contribution in [0.1, 0.15) is 77.3 Å². The van der Waals surface area contributed by atoms with Crippen LogP contribution in [0.15, 0.2) is 22.6 Å². The Bertz CT molecular complexity index is 770. The first-order valence-corrected chi connectivity index (χ1v) is 7.99. The van der Waals surface area contributed by atoms with Crippen LogP contribution in [0.5, 0.6) is 0 Å². The third kappa shape index (κ3) is 3.95. The first-order chi connectivity index (χ1) is 11.6. The summed E-state index contributed by atoms with van der Waals surface area (Å²) in [7, 11) is 0. The maximum atomic E-state index is 13.7. The first kappa shape index (κ1) is 18.8. The number of furan rings is 1. The maximum Gasteiger partial charge on any atom is 0.341 e. The van der Waals surface area contributed by atoms with Gasteiger partial charge in [0.15, 0.2) is 5.76 Å². The zero-order valence-electron chi connectivity index (χ0n) is 14.5. The highest BCUT2D eigenvalue weighted by molar-refractivity contribution is 5.95. The highest BCUT2D eigenvalue weighted by atomic mass is 19.1. The Morgan fingerprint density at radius 2 is 1.60 bits per heavy atom. The van der Waals surface area contributed by atoms with Crippen molar-refractivity contribution in [2.45, 2.75) is 46.0 Å². The lowest BCUT2D eigenvalue weighted by atomic mass is 9.97. The van der Waals surface area contributed by atoms with Crippen LogP contribution in [0.2, 0.25) is 0 Å². The van der Waals surface area contributed by atoms with Crippen LogP contribution in [0.3, 0.4) is 0 Å². The van der Waals surface area contributed by atoms with Crippen LogP contribution in [0.4, 0.5) is 8.78 Å². The third-order valence-electron chi connectivity index (χ3n) is 3.89. The number of aromatic carboxylic acids is 1. The topological polar surface area (TPSA) is 67.5 Å². The minimum absolute atomic E-state index is 0.0543. The summed E-state index contributed by atoms with van der Waals surface area (Å²) in [6, 6.07) is 3.39. The molecule has 0 amide bonds. The summed E-state index contributed by atoms with van der Waals surface area (Å²) in [5, 5.41) is 8.77. The average Bonchev–Trinajstić information content (AvgIpc) is 2.91. The Labute approximate surface area is 144 Å². The van der Waals surface area contributed by atoms with Gasteiger partial charge >= 0.3 is 5.97 Å². The number of carboxylic acid groups (broad SMARTS) is 1. The molecule has 0 bridgehead atoms. The Kier molecular flexibility index (Phi) is 5.40. The number of carboxylic acids is 1. The van der Waals surface area contributed by atoms with Crippen molar-refractivity contribution in [1.29, 1.82) is 0 Å². The zero-order valence-corrected chi connectivity index (χ0v) is 14.5. The lowest BCUT2D eigenvalue weighted by Gasteiger charge is -2.07. The van der Waals surface area contributed by atoms with Crippen molar-refractivity contribution in [2.24, 2.45) is 0 Å². The van der Waals surface area contributed by atoms with Gasteiger partial charge in [0.2, 0.25) is 5.78 Å². The van der Waals surface area contributed by atoms with Crippen molar-refractivity contribution in [1.82, 2.24) is 0 Å². The van der Waals surface area contributed by atoms with Gasteiger partial charge in [-0.1, -0.05) is 27.7 Å². The largest absolute Gasteiger partial charge is 0.477 e. The van der Waals surface area contributed by atoms with Gasteiger partial charge in [0.25, 0.3) is 0 Å².